The number of amides is 1. The second kappa shape index (κ2) is 5.89. The molecular weight excluding hydrogens is 304 g/mol. The Morgan fingerprint density at radius 3 is 2.42 bits per heavy atom. The van der Waals surface area contributed by atoms with Crippen LogP contribution >= 0.6 is 0 Å². The average Bonchev–Trinajstić information content (AvgIpc) is 3.41. The smallest absolute Gasteiger partial charge is 0.274 e. The van der Waals surface area contributed by atoms with Gasteiger partial charge in [-0.25, -0.2) is 0 Å². The summed E-state index contributed by atoms with van der Waals surface area (Å²) >= 11 is 0. The van der Waals surface area contributed by atoms with Crippen molar-refractivity contribution in [2.45, 2.75) is 25.7 Å². The summed E-state index contributed by atoms with van der Waals surface area (Å²) in [6.45, 7) is 4.86. The van der Waals surface area contributed by atoms with Crippen molar-refractivity contribution in [1.29, 1.82) is 0 Å². The first-order chi connectivity index (χ1) is 11.6. The summed E-state index contributed by atoms with van der Waals surface area (Å²) in [6, 6.07) is 5.99. The molecule has 0 atom stereocenters. The number of anilines is 1. The molecule has 0 spiro atoms. The lowest BCUT2D eigenvalue weighted by atomic mass is 10.2. The van der Waals surface area contributed by atoms with Crippen molar-refractivity contribution in [2.75, 3.05) is 31.1 Å². The van der Waals surface area contributed by atoms with Crippen molar-refractivity contribution in [2.24, 2.45) is 7.05 Å². The van der Waals surface area contributed by atoms with Crippen molar-refractivity contribution < 1.29 is 4.79 Å². The molecule has 2 aliphatic rings. The molecule has 1 aliphatic carbocycles. The second-order valence-electron chi connectivity index (χ2n) is 6.66. The molecule has 0 aromatic carbocycles. The number of hydrogen-bond acceptors (Lipinski definition) is 5. The Kier molecular flexibility index (Phi) is 3.70. The molecule has 126 valence electrons. The lowest BCUT2D eigenvalue weighted by Crippen LogP contribution is -2.49. The Bertz CT molecular complexity index is 721. The SMILES string of the molecule is Cc1cc(C(=O)N2CCN(c3ccc(C4CC4)nn3)CC2)nn1C. The number of carbonyl (C=O) groups excluding carboxylic acids is 1. The number of piperazine rings is 1. The summed E-state index contributed by atoms with van der Waals surface area (Å²) in [5.74, 6) is 1.54. The molecule has 0 N–H and O–H groups in total. The lowest BCUT2D eigenvalue weighted by molar-refractivity contribution is 0.0739. The van der Waals surface area contributed by atoms with E-state index in [0.29, 0.717) is 24.7 Å². The van der Waals surface area contributed by atoms with E-state index in [2.05, 4.69) is 32.3 Å². The molecular formula is C17H22N6O. The van der Waals surface area contributed by atoms with E-state index >= 15 is 0 Å². The zero-order valence-electron chi connectivity index (χ0n) is 14.1. The number of nitrogens with zero attached hydrogens (tertiary/aromatic N) is 6. The van der Waals surface area contributed by atoms with Gasteiger partial charge in [0.05, 0.1) is 5.69 Å². The third-order valence-corrected chi connectivity index (χ3v) is 4.89. The fraction of sp³-hybridized carbons (Fsp3) is 0.529. The summed E-state index contributed by atoms with van der Waals surface area (Å²) in [6.07, 6.45) is 2.48. The number of rotatable bonds is 3. The number of aryl methyl sites for hydroxylation is 2. The van der Waals surface area contributed by atoms with Crippen LogP contribution in [0.25, 0.3) is 0 Å². The van der Waals surface area contributed by atoms with E-state index in [4.69, 9.17) is 0 Å². The van der Waals surface area contributed by atoms with Gasteiger partial charge in [0.2, 0.25) is 0 Å². The van der Waals surface area contributed by atoms with Crippen LogP contribution in [-0.2, 0) is 7.05 Å². The minimum Gasteiger partial charge on any atom is -0.352 e. The molecule has 1 saturated carbocycles. The Morgan fingerprint density at radius 1 is 1.12 bits per heavy atom. The predicted octanol–water partition coefficient (Wildman–Crippen LogP) is 1.36. The van der Waals surface area contributed by atoms with Gasteiger partial charge < -0.3 is 9.80 Å². The van der Waals surface area contributed by atoms with E-state index in [-0.39, 0.29) is 5.91 Å². The second-order valence-corrected chi connectivity index (χ2v) is 6.66. The van der Waals surface area contributed by atoms with Gasteiger partial charge in [0.25, 0.3) is 5.91 Å². The molecule has 7 heteroatoms. The van der Waals surface area contributed by atoms with E-state index in [1.807, 2.05) is 24.9 Å². The molecule has 1 aliphatic heterocycles. The van der Waals surface area contributed by atoms with Gasteiger partial charge in [-0.2, -0.15) is 10.2 Å². The minimum absolute atomic E-state index is 0.00788. The van der Waals surface area contributed by atoms with Crippen LogP contribution in [0.1, 0.15) is 40.6 Å². The van der Waals surface area contributed by atoms with Crippen LogP contribution in [0, 0.1) is 6.92 Å². The molecule has 1 amide bonds. The summed E-state index contributed by atoms with van der Waals surface area (Å²) in [5.41, 5.74) is 2.62. The molecule has 0 bridgehead atoms. The third-order valence-electron chi connectivity index (χ3n) is 4.89. The maximum Gasteiger partial charge on any atom is 0.274 e. The van der Waals surface area contributed by atoms with Gasteiger partial charge in [-0.05, 0) is 38.0 Å². The summed E-state index contributed by atoms with van der Waals surface area (Å²) < 4.78 is 1.74. The van der Waals surface area contributed by atoms with Crippen molar-refractivity contribution in [3.8, 4) is 0 Å². The summed E-state index contributed by atoms with van der Waals surface area (Å²) in [4.78, 5) is 16.6. The van der Waals surface area contributed by atoms with Crippen LogP contribution in [0.2, 0.25) is 0 Å². The topological polar surface area (TPSA) is 67.2 Å². The van der Waals surface area contributed by atoms with Gasteiger partial charge in [0.1, 0.15) is 0 Å². The Hall–Kier alpha value is -2.44. The van der Waals surface area contributed by atoms with Gasteiger partial charge >= 0.3 is 0 Å². The Labute approximate surface area is 141 Å². The van der Waals surface area contributed by atoms with Crippen LogP contribution in [-0.4, -0.2) is 57.0 Å². The normalized spacial score (nSPS) is 18.1. The third kappa shape index (κ3) is 2.86. The van der Waals surface area contributed by atoms with Gasteiger partial charge in [-0.3, -0.25) is 9.48 Å². The van der Waals surface area contributed by atoms with Crippen molar-refractivity contribution >= 4 is 11.7 Å². The number of hydrogen-bond donors (Lipinski definition) is 0. The lowest BCUT2D eigenvalue weighted by Gasteiger charge is -2.34. The highest BCUT2D eigenvalue weighted by Gasteiger charge is 2.27. The molecule has 2 aromatic rings. The quantitative estimate of drug-likeness (QED) is 0.852. The first-order valence-electron chi connectivity index (χ1n) is 8.50. The zero-order valence-corrected chi connectivity index (χ0v) is 14.1. The molecule has 2 fully saturated rings. The molecule has 1 saturated heterocycles. The molecule has 4 rings (SSSR count). The standard InChI is InChI=1S/C17H22N6O/c1-12-11-15(20-21(12)2)17(24)23-9-7-22(8-10-23)16-6-5-14(18-19-16)13-3-4-13/h5-6,11,13H,3-4,7-10H2,1-2H3. The Balaban J connectivity index is 1.38. The van der Waals surface area contributed by atoms with Crippen molar-refractivity contribution in [3.05, 3.63) is 35.3 Å². The van der Waals surface area contributed by atoms with Crippen LogP contribution in [0.5, 0.6) is 0 Å². The molecule has 0 unspecified atom stereocenters. The van der Waals surface area contributed by atoms with Crippen LogP contribution in [0.3, 0.4) is 0 Å². The largest absolute Gasteiger partial charge is 0.352 e. The number of aromatic nitrogens is 4. The average molecular weight is 326 g/mol. The van der Waals surface area contributed by atoms with Crippen molar-refractivity contribution in [3.63, 3.8) is 0 Å². The highest BCUT2D eigenvalue weighted by atomic mass is 16.2. The summed E-state index contributed by atoms with van der Waals surface area (Å²) in [5, 5.41) is 13.0. The van der Waals surface area contributed by atoms with Gasteiger partial charge in [0, 0.05) is 44.8 Å². The maximum atomic E-state index is 12.5. The molecule has 3 heterocycles. The van der Waals surface area contributed by atoms with Gasteiger partial charge in [-0.1, -0.05) is 0 Å². The highest BCUT2D eigenvalue weighted by molar-refractivity contribution is 5.92. The highest BCUT2D eigenvalue weighted by Crippen LogP contribution is 2.38. The predicted molar refractivity (Wildman–Crippen MR) is 90.1 cm³/mol. The van der Waals surface area contributed by atoms with E-state index in [9.17, 15) is 4.79 Å². The zero-order chi connectivity index (χ0) is 16.7. The van der Waals surface area contributed by atoms with E-state index < -0.39 is 0 Å². The Morgan fingerprint density at radius 2 is 1.88 bits per heavy atom. The molecule has 0 radical (unpaired) electrons. The van der Waals surface area contributed by atoms with Crippen LogP contribution in [0.15, 0.2) is 18.2 Å². The number of carbonyl (C=O) groups is 1. The van der Waals surface area contributed by atoms with Crippen LogP contribution < -0.4 is 4.90 Å². The van der Waals surface area contributed by atoms with E-state index in [1.54, 1.807) is 4.68 Å². The van der Waals surface area contributed by atoms with E-state index in [0.717, 1.165) is 30.3 Å². The van der Waals surface area contributed by atoms with Crippen molar-refractivity contribution in [1.82, 2.24) is 24.9 Å². The summed E-state index contributed by atoms with van der Waals surface area (Å²) in [7, 11) is 1.86. The van der Waals surface area contributed by atoms with Gasteiger partial charge in [-0.15, -0.1) is 5.10 Å². The molecule has 2 aromatic heterocycles. The first-order valence-corrected chi connectivity index (χ1v) is 8.50. The van der Waals surface area contributed by atoms with Crippen LogP contribution in [0.4, 0.5) is 5.82 Å². The molecule has 24 heavy (non-hydrogen) atoms. The minimum atomic E-state index is 0.00788. The van der Waals surface area contributed by atoms with Gasteiger partial charge in [0.15, 0.2) is 11.5 Å². The fourth-order valence-electron chi connectivity index (χ4n) is 3.07. The molecule has 7 nitrogen and oxygen atoms in total. The first kappa shape index (κ1) is 15.1. The monoisotopic (exact) mass is 326 g/mol. The van der Waals surface area contributed by atoms with E-state index in [1.165, 1.54) is 12.8 Å². The fourth-order valence-corrected chi connectivity index (χ4v) is 3.07. The maximum absolute atomic E-state index is 12.5.